The van der Waals surface area contributed by atoms with Crippen LogP contribution in [0.25, 0.3) is 0 Å². The quantitative estimate of drug-likeness (QED) is 0.475. The summed E-state index contributed by atoms with van der Waals surface area (Å²) in [5.74, 6) is 1.33. The first-order valence-electron chi connectivity index (χ1n) is 7.83. The maximum Gasteiger partial charge on any atom is 0.241 e. The van der Waals surface area contributed by atoms with E-state index in [1.165, 1.54) is 0 Å². The predicted molar refractivity (Wildman–Crippen MR) is 92.2 cm³/mol. The highest BCUT2D eigenvalue weighted by atomic mass is 16.5. The highest BCUT2D eigenvalue weighted by molar-refractivity contribution is 5.95. The number of hydrogen-bond donors (Lipinski definition) is 3. The number of carbonyl (C=O) groups excluding carboxylic acids is 1. The lowest BCUT2D eigenvalue weighted by molar-refractivity contribution is -0.119. The zero-order valence-electron chi connectivity index (χ0n) is 14.0. The number of benzene rings is 1. The van der Waals surface area contributed by atoms with E-state index < -0.39 is 0 Å². The van der Waals surface area contributed by atoms with Crippen LogP contribution in [-0.4, -0.2) is 38.2 Å². The number of hydrogen-bond acceptors (Lipinski definition) is 4. The molecule has 0 heterocycles. The summed E-state index contributed by atoms with van der Waals surface area (Å²) < 4.78 is 11.0. The van der Waals surface area contributed by atoms with Crippen LogP contribution in [0.2, 0.25) is 0 Å². The summed E-state index contributed by atoms with van der Waals surface area (Å²) in [7, 11) is 0. The number of ether oxygens (including phenoxy) is 2. The van der Waals surface area contributed by atoms with Crippen LogP contribution in [0.15, 0.2) is 23.2 Å². The highest BCUT2D eigenvalue weighted by Gasteiger charge is 2.07. The fraction of sp³-hybridized carbons (Fsp3) is 0.500. The van der Waals surface area contributed by atoms with Gasteiger partial charge in [0.05, 0.1) is 18.9 Å². The zero-order valence-corrected chi connectivity index (χ0v) is 14.0. The van der Waals surface area contributed by atoms with Gasteiger partial charge < -0.3 is 25.8 Å². The summed E-state index contributed by atoms with van der Waals surface area (Å²) in [6, 6.07) is 5.41. The summed E-state index contributed by atoms with van der Waals surface area (Å²) in [5, 5.41) is 5.68. The van der Waals surface area contributed by atoms with Crippen LogP contribution in [0, 0.1) is 0 Å². The minimum atomic E-state index is -0.162. The molecule has 0 fully saturated rings. The van der Waals surface area contributed by atoms with Crippen molar-refractivity contribution in [1.29, 1.82) is 0 Å². The van der Waals surface area contributed by atoms with Crippen molar-refractivity contribution in [2.75, 3.05) is 31.6 Å². The lowest BCUT2D eigenvalue weighted by atomic mass is 10.2. The van der Waals surface area contributed by atoms with Crippen LogP contribution in [0.4, 0.5) is 5.69 Å². The molecule has 0 saturated carbocycles. The Kier molecular flexibility index (Phi) is 8.34. The van der Waals surface area contributed by atoms with Crippen molar-refractivity contribution in [2.24, 2.45) is 10.7 Å². The molecule has 23 heavy (non-hydrogen) atoms. The van der Waals surface area contributed by atoms with Gasteiger partial charge in [-0.25, -0.2) is 4.99 Å². The van der Waals surface area contributed by atoms with Crippen molar-refractivity contribution < 1.29 is 14.3 Å². The molecule has 0 aliphatic carbocycles. The Hall–Kier alpha value is -2.44. The van der Waals surface area contributed by atoms with E-state index in [2.05, 4.69) is 15.6 Å². The number of aliphatic imine (C=N–C) groups is 1. The smallest absolute Gasteiger partial charge is 0.241 e. The molecular formula is C16H26N4O3. The second-order valence-corrected chi connectivity index (χ2v) is 4.70. The minimum Gasteiger partial charge on any atom is -0.494 e. The zero-order chi connectivity index (χ0) is 17.1. The van der Waals surface area contributed by atoms with Crippen LogP contribution in [0.5, 0.6) is 11.5 Å². The molecule has 0 saturated heterocycles. The minimum absolute atomic E-state index is 0.0199. The maximum atomic E-state index is 11.5. The second kappa shape index (κ2) is 10.3. The molecule has 7 nitrogen and oxygen atoms in total. The molecule has 0 atom stereocenters. The number of guanidine groups is 1. The Morgan fingerprint density at radius 2 is 1.96 bits per heavy atom. The average molecular weight is 322 g/mol. The molecule has 1 rings (SSSR count). The number of nitrogens with two attached hydrogens (primary N) is 1. The molecule has 0 bridgehead atoms. The van der Waals surface area contributed by atoms with Gasteiger partial charge in [0.25, 0.3) is 0 Å². The molecule has 1 aromatic rings. The molecule has 0 unspecified atom stereocenters. The first-order chi connectivity index (χ1) is 11.1. The molecule has 0 aliphatic heterocycles. The topological polar surface area (TPSA) is 98.0 Å². The van der Waals surface area contributed by atoms with E-state index in [1.54, 1.807) is 12.1 Å². The number of amides is 1. The van der Waals surface area contributed by atoms with E-state index in [0.717, 1.165) is 6.42 Å². The van der Waals surface area contributed by atoms with Crippen molar-refractivity contribution in [2.45, 2.75) is 27.2 Å². The molecule has 0 aromatic heterocycles. The lowest BCUT2D eigenvalue weighted by Gasteiger charge is -2.14. The summed E-state index contributed by atoms with van der Waals surface area (Å²) >= 11 is 0. The van der Waals surface area contributed by atoms with E-state index in [9.17, 15) is 4.79 Å². The van der Waals surface area contributed by atoms with Crippen molar-refractivity contribution in [3.8, 4) is 11.5 Å². The molecule has 4 N–H and O–H groups in total. The molecule has 0 spiro atoms. The first kappa shape index (κ1) is 18.6. The Morgan fingerprint density at radius 1 is 1.22 bits per heavy atom. The van der Waals surface area contributed by atoms with Gasteiger partial charge in [0.2, 0.25) is 5.91 Å². The van der Waals surface area contributed by atoms with Crippen LogP contribution in [-0.2, 0) is 4.79 Å². The monoisotopic (exact) mass is 322 g/mol. The summed E-state index contributed by atoms with van der Waals surface area (Å²) in [4.78, 5) is 15.5. The predicted octanol–water partition coefficient (Wildman–Crippen LogP) is 1.74. The third-order valence-corrected chi connectivity index (χ3v) is 2.79. The van der Waals surface area contributed by atoms with Crippen molar-refractivity contribution in [1.82, 2.24) is 5.32 Å². The first-order valence-corrected chi connectivity index (χ1v) is 7.83. The molecule has 1 amide bonds. The third-order valence-electron chi connectivity index (χ3n) is 2.79. The number of nitrogens with one attached hydrogen (secondary N) is 2. The standard InChI is InChI=1S/C16H26N4O3/c1-4-9-18-15(21)11-19-16(17)20-13-10-12(22-5-2)7-8-14(13)23-6-3/h7-8,10H,4-6,9,11H2,1-3H3,(H,18,21)(H3,17,19,20). The fourth-order valence-corrected chi connectivity index (χ4v) is 1.80. The van der Waals surface area contributed by atoms with E-state index in [1.807, 2.05) is 26.8 Å². The molecular weight excluding hydrogens is 296 g/mol. The largest absolute Gasteiger partial charge is 0.494 e. The van der Waals surface area contributed by atoms with Crippen LogP contribution < -0.4 is 25.8 Å². The highest BCUT2D eigenvalue weighted by Crippen LogP contribution is 2.29. The number of rotatable bonds is 9. The summed E-state index contributed by atoms with van der Waals surface area (Å²) in [6.45, 7) is 7.50. The second-order valence-electron chi connectivity index (χ2n) is 4.70. The fourth-order valence-electron chi connectivity index (χ4n) is 1.80. The van der Waals surface area contributed by atoms with Gasteiger partial charge in [0.15, 0.2) is 5.96 Å². The number of carbonyl (C=O) groups is 1. The Morgan fingerprint density at radius 3 is 2.61 bits per heavy atom. The van der Waals surface area contributed by atoms with Crippen LogP contribution in [0.1, 0.15) is 27.2 Å². The van der Waals surface area contributed by atoms with Gasteiger partial charge in [0, 0.05) is 12.6 Å². The SMILES string of the molecule is CCCNC(=O)CN=C(N)Nc1cc(OCC)ccc1OCC. The van der Waals surface area contributed by atoms with Crippen molar-refractivity contribution in [3.63, 3.8) is 0 Å². The maximum absolute atomic E-state index is 11.5. The van der Waals surface area contributed by atoms with Crippen molar-refractivity contribution in [3.05, 3.63) is 18.2 Å². The average Bonchev–Trinajstić information content (AvgIpc) is 2.54. The summed E-state index contributed by atoms with van der Waals surface area (Å²) in [6.07, 6.45) is 0.880. The van der Waals surface area contributed by atoms with Gasteiger partial charge in [-0.1, -0.05) is 6.92 Å². The molecule has 0 radical (unpaired) electrons. The third kappa shape index (κ3) is 6.90. The Bertz CT molecular complexity index is 532. The molecule has 7 heteroatoms. The molecule has 128 valence electrons. The van der Waals surface area contributed by atoms with Gasteiger partial charge >= 0.3 is 0 Å². The number of anilines is 1. The van der Waals surface area contributed by atoms with Crippen molar-refractivity contribution >= 4 is 17.6 Å². The molecule has 1 aromatic carbocycles. The van der Waals surface area contributed by atoms with Gasteiger partial charge in [-0.3, -0.25) is 4.79 Å². The summed E-state index contributed by atoms with van der Waals surface area (Å²) in [5.41, 5.74) is 6.48. The Balaban J connectivity index is 2.75. The van der Waals surface area contributed by atoms with Gasteiger partial charge in [-0.15, -0.1) is 0 Å². The lowest BCUT2D eigenvalue weighted by Crippen LogP contribution is -2.29. The van der Waals surface area contributed by atoms with E-state index in [-0.39, 0.29) is 18.4 Å². The van der Waals surface area contributed by atoms with E-state index in [4.69, 9.17) is 15.2 Å². The Labute approximate surface area is 137 Å². The van der Waals surface area contributed by atoms with Crippen LogP contribution >= 0.6 is 0 Å². The molecule has 0 aliphatic rings. The number of nitrogens with zero attached hydrogens (tertiary/aromatic N) is 1. The van der Waals surface area contributed by atoms with Gasteiger partial charge in [0.1, 0.15) is 18.0 Å². The normalized spacial score (nSPS) is 11.0. The van der Waals surface area contributed by atoms with E-state index >= 15 is 0 Å². The van der Waals surface area contributed by atoms with Gasteiger partial charge in [-0.2, -0.15) is 0 Å². The van der Waals surface area contributed by atoms with Crippen LogP contribution in [0.3, 0.4) is 0 Å². The van der Waals surface area contributed by atoms with E-state index in [0.29, 0.717) is 36.9 Å². The van der Waals surface area contributed by atoms with Gasteiger partial charge in [-0.05, 0) is 32.4 Å².